The molecule has 0 aromatic heterocycles. The summed E-state index contributed by atoms with van der Waals surface area (Å²) in [5.74, 6) is 0.144. The first-order chi connectivity index (χ1) is 12.2. The molecule has 0 spiro atoms. The van der Waals surface area contributed by atoms with Gasteiger partial charge in [0, 0.05) is 32.2 Å². The number of hydrogen-bond acceptors (Lipinski definition) is 4. The lowest BCUT2D eigenvalue weighted by molar-refractivity contribution is -0.135. The molecule has 2 saturated heterocycles. The van der Waals surface area contributed by atoms with Crippen LogP contribution in [-0.4, -0.2) is 49.3 Å². The summed E-state index contributed by atoms with van der Waals surface area (Å²) < 4.78 is 11.7. The van der Waals surface area contributed by atoms with Crippen molar-refractivity contribution in [2.24, 2.45) is 5.73 Å². The normalized spacial score (nSPS) is 23.4. The topological polar surface area (TPSA) is 64.8 Å². The average molecular weight is 346 g/mol. The highest BCUT2D eigenvalue weighted by atomic mass is 16.5. The Morgan fingerprint density at radius 1 is 1.20 bits per heavy atom. The summed E-state index contributed by atoms with van der Waals surface area (Å²) in [5.41, 5.74) is 7.19. The molecule has 2 atom stereocenters. The van der Waals surface area contributed by atoms with E-state index in [2.05, 4.69) is 0 Å². The molecule has 1 amide bonds. The molecule has 0 radical (unpaired) electrons. The molecule has 0 bridgehead atoms. The molecule has 2 unspecified atom stereocenters. The van der Waals surface area contributed by atoms with E-state index >= 15 is 0 Å². The Hall–Kier alpha value is -1.43. The highest BCUT2D eigenvalue weighted by molar-refractivity contribution is 5.77. The molecule has 1 aromatic rings. The molecule has 3 rings (SSSR count). The molecule has 0 aliphatic carbocycles. The maximum absolute atomic E-state index is 12.5. The van der Waals surface area contributed by atoms with E-state index in [4.69, 9.17) is 15.2 Å². The van der Waals surface area contributed by atoms with Crippen molar-refractivity contribution >= 4 is 5.91 Å². The van der Waals surface area contributed by atoms with E-state index in [1.54, 1.807) is 0 Å². The number of nitrogens with two attached hydrogens (primary N) is 1. The SMILES string of the molecule is NC(CC(=O)N1CCC(OCC2CCCCO2)CC1)c1ccccc1. The number of ether oxygens (including phenoxy) is 2. The van der Waals surface area contributed by atoms with Crippen LogP contribution in [0.3, 0.4) is 0 Å². The third-order valence-corrected chi connectivity index (χ3v) is 5.21. The van der Waals surface area contributed by atoms with Gasteiger partial charge in [-0.15, -0.1) is 0 Å². The van der Waals surface area contributed by atoms with Crippen LogP contribution in [-0.2, 0) is 14.3 Å². The Kier molecular flexibility index (Phi) is 6.84. The van der Waals surface area contributed by atoms with Gasteiger partial charge in [-0.1, -0.05) is 30.3 Å². The summed E-state index contributed by atoms with van der Waals surface area (Å²) in [5, 5.41) is 0. The zero-order chi connectivity index (χ0) is 17.5. The van der Waals surface area contributed by atoms with E-state index in [-0.39, 0.29) is 24.2 Å². The van der Waals surface area contributed by atoms with Gasteiger partial charge in [0.1, 0.15) is 0 Å². The van der Waals surface area contributed by atoms with E-state index in [0.29, 0.717) is 13.0 Å². The van der Waals surface area contributed by atoms with Gasteiger partial charge in [-0.25, -0.2) is 0 Å². The predicted octanol–water partition coefficient (Wildman–Crippen LogP) is 2.65. The Morgan fingerprint density at radius 2 is 1.96 bits per heavy atom. The molecule has 1 aromatic carbocycles. The monoisotopic (exact) mass is 346 g/mol. The van der Waals surface area contributed by atoms with Crippen LogP contribution in [0.5, 0.6) is 0 Å². The zero-order valence-electron chi connectivity index (χ0n) is 14.9. The fourth-order valence-corrected chi connectivity index (χ4v) is 3.59. The van der Waals surface area contributed by atoms with Gasteiger partial charge in [-0.05, 0) is 37.7 Å². The average Bonchev–Trinajstić information content (AvgIpc) is 2.68. The summed E-state index contributed by atoms with van der Waals surface area (Å²) >= 11 is 0. The van der Waals surface area contributed by atoms with Crippen LogP contribution >= 0.6 is 0 Å². The molecule has 2 N–H and O–H groups in total. The van der Waals surface area contributed by atoms with Gasteiger partial charge in [0.05, 0.1) is 18.8 Å². The molecule has 2 fully saturated rings. The summed E-state index contributed by atoms with van der Waals surface area (Å²) in [6, 6.07) is 9.60. The Labute approximate surface area is 150 Å². The molecule has 2 heterocycles. The Bertz CT molecular complexity index is 523. The minimum Gasteiger partial charge on any atom is -0.376 e. The van der Waals surface area contributed by atoms with Crippen molar-refractivity contribution in [2.75, 3.05) is 26.3 Å². The van der Waals surface area contributed by atoms with Gasteiger partial charge in [-0.2, -0.15) is 0 Å². The standard InChI is InChI=1S/C20H30N2O3/c21-19(16-6-2-1-3-7-16)14-20(23)22-11-9-17(10-12-22)25-15-18-8-4-5-13-24-18/h1-3,6-7,17-19H,4-5,8-15,21H2. The first kappa shape index (κ1) is 18.4. The smallest absolute Gasteiger partial charge is 0.224 e. The van der Waals surface area contributed by atoms with Gasteiger partial charge < -0.3 is 20.1 Å². The number of hydrogen-bond donors (Lipinski definition) is 1. The van der Waals surface area contributed by atoms with E-state index < -0.39 is 0 Å². The molecule has 2 aliphatic heterocycles. The number of rotatable bonds is 6. The third kappa shape index (κ3) is 5.53. The van der Waals surface area contributed by atoms with Gasteiger partial charge in [0.25, 0.3) is 0 Å². The quantitative estimate of drug-likeness (QED) is 0.860. The molecule has 5 heteroatoms. The maximum atomic E-state index is 12.5. The summed E-state index contributed by atoms with van der Waals surface area (Å²) in [6.07, 6.45) is 6.19. The second kappa shape index (κ2) is 9.32. The Morgan fingerprint density at radius 3 is 2.64 bits per heavy atom. The summed E-state index contributed by atoms with van der Waals surface area (Å²) in [4.78, 5) is 14.4. The fourth-order valence-electron chi connectivity index (χ4n) is 3.59. The molecule has 2 aliphatic rings. The van der Waals surface area contributed by atoms with Crippen molar-refractivity contribution in [1.29, 1.82) is 0 Å². The molecule has 25 heavy (non-hydrogen) atoms. The van der Waals surface area contributed by atoms with E-state index in [0.717, 1.165) is 44.5 Å². The first-order valence-corrected chi connectivity index (χ1v) is 9.54. The molecule has 0 saturated carbocycles. The van der Waals surface area contributed by atoms with Gasteiger partial charge >= 0.3 is 0 Å². The third-order valence-electron chi connectivity index (χ3n) is 5.21. The van der Waals surface area contributed by atoms with Crippen LogP contribution in [0.4, 0.5) is 0 Å². The highest BCUT2D eigenvalue weighted by Gasteiger charge is 2.25. The van der Waals surface area contributed by atoms with Gasteiger partial charge in [0.15, 0.2) is 0 Å². The van der Waals surface area contributed by atoms with E-state index in [1.807, 2.05) is 35.2 Å². The number of likely N-dealkylation sites (tertiary alicyclic amines) is 1. The van der Waals surface area contributed by atoms with Gasteiger partial charge in [0.2, 0.25) is 5.91 Å². The molecule has 5 nitrogen and oxygen atoms in total. The Balaban J connectivity index is 1.37. The minimum absolute atomic E-state index is 0.144. The van der Waals surface area contributed by atoms with Crippen molar-refractivity contribution < 1.29 is 14.3 Å². The highest BCUT2D eigenvalue weighted by Crippen LogP contribution is 2.20. The lowest BCUT2D eigenvalue weighted by Crippen LogP contribution is -2.42. The second-order valence-corrected chi connectivity index (χ2v) is 7.12. The van der Waals surface area contributed by atoms with Gasteiger partial charge in [-0.3, -0.25) is 4.79 Å². The molecule has 138 valence electrons. The van der Waals surface area contributed by atoms with Crippen molar-refractivity contribution in [1.82, 2.24) is 4.90 Å². The van der Waals surface area contributed by atoms with Crippen LogP contribution in [0.2, 0.25) is 0 Å². The van der Waals surface area contributed by atoms with Crippen molar-refractivity contribution in [2.45, 2.75) is 56.8 Å². The summed E-state index contributed by atoms with van der Waals surface area (Å²) in [7, 11) is 0. The summed E-state index contributed by atoms with van der Waals surface area (Å²) in [6.45, 7) is 3.08. The number of carbonyl (C=O) groups is 1. The number of amides is 1. The number of benzene rings is 1. The maximum Gasteiger partial charge on any atom is 0.224 e. The second-order valence-electron chi connectivity index (χ2n) is 7.12. The lowest BCUT2D eigenvalue weighted by Gasteiger charge is -2.33. The number of piperidine rings is 1. The largest absolute Gasteiger partial charge is 0.376 e. The van der Waals surface area contributed by atoms with Crippen LogP contribution in [0.15, 0.2) is 30.3 Å². The fraction of sp³-hybridized carbons (Fsp3) is 0.650. The van der Waals surface area contributed by atoms with Crippen molar-refractivity contribution in [3.8, 4) is 0 Å². The van der Waals surface area contributed by atoms with Crippen LogP contribution < -0.4 is 5.73 Å². The predicted molar refractivity (Wildman–Crippen MR) is 97.1 cm³/mol. The van der Waals surface area contributed by atoms with E-state index in [9.17, 15) is 4.79 Å². The zero-order valence-corrected chi connectivity index (χ0v) is 14.9. The van der Waals surface area contributed by atoms with Crippen LogP contribution in [0, 0.1) is 0 Å². The van der Waals surface area contributed by atoms with Crippen LogP contribution in [0.1, 0.15) is 50.1 Å². The van der Waals surface area contributed by atoms with Crippen molar-refractivity contribution in [3.05, 3.63) is 35.9 Å². The molecular weight excluding hydrogens is 316 g/mol. The van der Waals surface area contributed by atoms with Crippen molar-refractivity contribution in [3.63, 3.8) is 0 Å². The molecular formula is C20H30N2O3. The van der Waals surface area contributed by atoms with E-state index in [1.165, 1.54) is 12.8 Å². The minimum atomic E-state index is -0.230. The van der Waals surface area contributed by atoms with Crippen LogP contribution in [0.25, 0.3) is 0 Å². The number of carbonyl (C=O) groups excluding carboxylic acids is 1. The first-order valence-electron chi connectivity index (χ1n) is 9.54. The lowest BCUT2D eigenvalue weighted by atomic mass is 10.0. The number of nitrogens with zero attached hydrogens (tertiary/aromatic N) is 1.